The lowest BCUT2D eigenvalue weighted by molar-refractivity contribution is -0.123. The first-order valence-electron chi connectivity index (χ1n) is 14.3. The number of unbranched alkanes of at least 4 members (excludes halogenated alkanes) is 1. The fraction of sp³-hybridized carbons (Fsp3) is 0.531. The minimum absolute atomic E-state index is 0.0479. The van der Waals surface area contributed by atoms with E-state index in [0.717, 1.165) is 49.8 Å². The number of amides is 1. The van der Waals surface area contributed by atoms with Crippen LogP contribution in [0.4, 0.5) is 5.69 Å². The van der Waals surface area contributed by atoms with Gasteiger partial charge in [-0.05, 0) is 107 Å². The molecule has 2 aromatic rings. The molecule has 0 aromatic heterocycles. The number of thiocarbonyl (C=S) groups is 1. The SMILES string of the molecule is CCCC(NC(CC)CC)c1cccc(OCCCCN2C(=S)N(c3ccc(C#N)c(C)c3)C(=O)C2(C)C)c1. The summed E-state index contributed by atoms with van der Waals surface area (Å²) in [6.45, 7) is 13.7. The first kappa shape index (κ1) is 30.6. The molecular formula is C32H44N4O2S. The standard InChI is InChI=1S/C32H44N4O2S/c1-7-13-29(34-26(8-2)9-3)24-14-12-15-28(21-24)38-19-11-10-18-35-31(39)36(30(37)32(35,5)6)27-17-16-25(22-33)23(4)20-27/h12,14-17,20-21,26,29,34H,7-11,13,18-19H2,1-6H3. The summed E-state index contributed by atoms with van der Waals surface area (Å²) in [5.74, 6) is 0.850. The maximum Gasteiger partial charge on any atom is 0.258 e. The summed E-state index contributed by atoms with van der Waals surface area (Å²) in [7, 11) is 0. The van der Waals surface area contributed by atoms with Crippen LogP contribution in [0.15, 0.2) is 42.5 Å². The molecule has 39 heavy (non-hydrogen) atoms. The fourth-order valence-corrected chi connectivity index (χ4v) is 5.69. The van der Waals surface area contributed by atoms with Crippen molar-refractivity contribution in [2.45, 2.75) is 97.7 Å². The monoisotopic (exact) mass is 548 g/mol. The van der Waals surface area contributed by atoms with Gasteiger partial charge < -0.3 is 15.0 Å². The zero-order chi connectivity index (χ0) is 28.6. The van der Waals surface area contributed by atoms with Crippen molar-refractivity contribution in [3.05, 3.63) is 59.2 Å². The average molecular weight is 549 g/mol. The number of carbonyl (C=O) groups excluding carboxylic acids is 1. The van der Waals surface area contributed by atoms with Gasteiger partial charge in [0.15, 0.2) is 5.11 Å². The van der Waals surface area contributed by atoms with Crippen LogP contribution in [-0.2, 0) is 4.79 Å². The molecule has 1 aliphatic heterocycles. The van der Waals surface area contributed by atoms with E-state index in [-0.39, 0.29) is 5.91 Å². The molecule has 6 nitrogen and oxygen atoms in total. The van der Waals surface area contributed by atoms with E-state index < -0.39 is 5.54 Å². The first-order chi connectivity index (χ1) is 18.7. The lowest BCUT2D eigenvalue weighted by Crippen LogP contribution is -2.44. The third kappa shape index (κ3) is 7.17. The quantitative estimate of drug-likeness (QED) is 0.201. The minimum Gasteiger partial charge on any atom is -0.494 e. The Hall–Kier alpha value is -2.95. The fourth-order valence-electron chi connectivity index (χ4n) is 5.18. The van der Waals surface area contributed by atoms with Crippen LogP contribution in [0.25, 0.3) is 0 Å². The molecular weight excluding hydrogens is 504 g/mol. The number of rotatable bonds is 14. The molecule has 1 aliphatic rings. The molecule has 1 unspecified atom stereocenters. The molecule has 1 atom stereocenters. The van der Waals surface area contributed by atoms with Gasteiger partial charge in [-0.15, -0.1) is 0 Å². The normalized spacial score (nSPS) is 15.6. The van der Waals surface area contributed by atoms with Crippen molar-refractivity contribution < 1.29 is 9.53 Å². The Morgan fingerprint density at radius 2 is 1.85 bits per heavy atom. The molecule has 0 aliphatic carbocycles. The smallest absolute Gasteiger partial charge is 0.258 e. The summed E-state index contributed by atoms with van der Waals surface area (Å²) in [6, 6.07) is 16.9. The summed E-state index contributed by atoms with van der Waals surface area (Å²) < 4.78 is 6.14. The highest BCUT2D eigenvalue weighted by molar-refractivity contribution is 7.80. The van der Waals surface area contributed by atoms with Crippen molar-refractivity contribution in [3.8, 4) is 11.8 Å². The predicted octanol–water partition coefficient (Wildman–Crippen LogP) is 7.06. The topological polar surface area (TPSA) is 68.6 Å². The molecule has 2 aromatic carbocycles. The number of nitrogens with zero attached hydrogens (tertiary/aromatic N) is 3. The van der Waals surface area contributed by atoms with Crippen LogP contribution in [0.3, 0.4) is 0 Å². The molecule has 1 fully saturated rings. The van der Waals surface area contributed by atoms with Gasteiger partial charge in [0.2, 0.25) is 0 Å². The molecule has 0 saturated carbocycles. The van der Waals surface area contributed by atoms with E-state index in [4.69, 9.17) is 17.0 Å². The second-order valence-corrected chi connectivity index (χ2v) is 11.3. The van der Waals surface area contributed by atoms with Crippen molar-refractivity contribution in [2.75, 3.05) is 18.1 Å². The van der Waals surface area contributed by atoms with Crippen LogP contribution >= 0.6 is 12.2 Å². The number of hydrogen-bond donors (Lipinski definition) is 1. The highest BCUT2D eigenvalue weighted by atomic mass is 32.1. The van der Waals surface area contributed by atoms with E-state index in [9.17, 15) is 10.1 Å². The number of carbonyl (C=O) groups is 1. The highest BCUT2D eigenvalue weighted by Crippen LogP contribution is 2.33. The van der Waals surface area contributed by atoms with E-state index in [1.807, 2.05) is 37.8 Å². The molecule has 1 amide bonds. The van der Waals surface area contributed by atoms with Crippen LogP contribution in [0, 0.1) is 18.3 Å². The van der Waals surface area contributed by atoms with Crippen molar-refractivity contribution >= 4 is 28.9 Å². The Morgan fingerprint density at radius 1 is 1.10 bits per heavy atom. The lowest BCUT2D eigenvalue weighted by atomic mass is 10.00. The number of aryl methyl sites for hydroxylation is 1. The molecule has 7 heteroatoms. The Morgan fingerprint density at radius 3 is 2.49 bits per heavy atom. The van der Waals surface area contributed by atoms with Crippen molar-refractivity contribution in [1.82, 2.24) is 10.2 Å². The van der Waals surface area contributed by atoms with Crippen LogP contribution in [0.2, 0.25) is 0 Å². The zero-order valence-corrected chi connectivity index (χ0v) is 25.2. The van der Waals surface area contributed by atoms with E-state index in [0.29, 0.717) is 41.6 Å². The minimum atomic E-state index is -0.732. The number of anilines is 1. The molecule has 210 valence electrons. The summed E-state index contributed by atoms with van der Waals surface area (Å²) >= 11 is 5.77. The molecule has 1 heterocycles. The maximum atomic E-state index is 13.3. The van der Waals surface area contributed by atoms with Crippen LogP contribution in [-0.4, -0.2) is 40.7 Å². The highest BCUT2D eigenvalue weighted by Gasteiger charge is 2.49. The number of benzene rings is 2. The van der Waals surface area contributed by atoms with Gasteiger partial charge in [0, 0.05) is 18.6 Å². The molecule has 0 bridgehead atoms. The van der Waals surface area contributed by atoms with Gasteiger partial charge in [-0.2, -0.15) is 5.26 Å². The molecule has 1 N–H and O–H groups in total. The van der Waals surface area contributed by atoms with Crippen LogP contribution < -0.4 is 15.0 Å². The van der Waals surface area contributed by atoms with Gasteiger partial charge in [-0.3, -0.25) is 9.69 Å². The Balaban J connectivity index is 1.57. The maximum absolute atomic E-state index is 13.3. The predicted molar refractivity (Wildman–Crippen MR) is 163 cm³/mol. The third-order valence-electron chi connectivity index (χ3n) is 7.72. The molecule has 3 rings (SSSR count). The summed E-state index contributed by atoms with van der Waals surface area (Å²) in [6.07, 6.45) is 6.19. The molecule has 1 saturated heterocycles. The van der Waals surface area contributed by atoms with Gasteiger partial charge in [-0.1, -0.05) is 39.3 Å². The number of nitrogens with one attached hydrogen (secondary N) is 1. The first-order valence-corrected chi connectivity index (χ1v) is 14.7. The zero-order valence-electron chi connectivity index (χ0n) is 24.4. The third-order valence-corrected chi connectivity index (χ3v) is 8.12. The van der Waals surface area contributed by atoms with Crippen molar-refractivity contribution in [1.29, 1.82) is 5.26 Å². The number of nitriles is 1. The van der Waals surface area contributed by atoms with Gasteiger partial charge in [0.1, 0.15) is 11.3 Å². The summed E-state index contributed by atoms with van der Waals surface area (Å²) in [5, 5.41) is 13.6. The molecule has 0 spiro atoms. The molecule has 0 radical (unpaired) electrons. The number of ether oxygens (including phenoxy) is 1. The van der Waals surface area contributed by atoms with Crippen LogP contribution in [0.1, 0.15) is 95.9 Å². The van der Waals surface area contributed by atoms with E-state index in [1.165, 1.54) is 5.56 Å². The summed E-state index contributed by atoms with van der Waals surface area (Å²) in [4.78, 5) is 16.9. The second kappa shape index (κ2) is 13.9. The Labute approximate surface area is 240 Å². The van der Waals surface area contributed by atoms with E-state index in [2.05, 4.69) is 50.4 Å². The van der Waals surface area contributed by atoms with Crippen molar-refractivity contribution in [3.63, 3.8) is 0 Å². The van der Waals surface area contributed by atoms with Crippen molar-refractivity contribution in [2.24, 2.45) is 0 Å². The van der Waals surface area contributed by atoms with Gasteiger partial charge in [0.05, 0.1) is 23.9 Å². The van der Waals surface area contributed by atoms with Crippen LogP contribution in [0.5, 0.6) is 5.75 Å². The Bertz CT molecular complexity index is 1180. The largest absolute Gasteiger partial charge is 0.494 e. The Kier molecular flexibility index (Phi) is 10.9. The van der Waals surface area contributed by atoms with Gasteiger partial charge in [-0.25, -0.2) is 0 Å². The van der Waals surface area contributed by atoms with E-state index in [1.54, 1.807) is 17.0 Å². The van der Waals surface area contributed by atoms with Gasteiger partial charge in [0.25, 0.3) is 5.91 Å². The summed E-state index contributed by atoms with van der Waals surface area (Å²) in [5.41, 5.74) is 2.68. The second-order valence-electron chi connectivity index (χ2n) is 10.9. The van der Waals surface area contributed by atoms with E-state index >= 15 is 0 Å². The lowest BCUT2D eigenvalue weighted by Gasteiger charge is -2.29. The van der Waals surface area contributed by atoms with Gasteiger partial charge >= 0.3 is 0 Å². The average Bonchev–Trinajstić information content (AvgIpc) is 3.09. The number of hydrogen-bond acceptors (Lipinski definition) is 5.